The molecular weight excluding hydrogens is 232 g/mol. The second-order valence-electron chi connectivity index (χ2n) is 3.92. The summed E-state index contributed by atoms with van der Waals surface area (Å²) >= 11 is 0. The van der Waals surface area contributed by atoms with Crippen molar-refractivity contribution in [2.75, 3.05) is 13.2 Å². The van der Waals surface area contributed by atoms with Gasteiger partial charge in [-0.2, -0.15) is 20.0 Å². The van der Waals surface area contributed by atoms with Gasteiger partial charge in [-0.25, -0.2) is 0 Å². The molecule has 3 aliphatic rings. The fourth-order valence-corrected chi connectivity index (χ4v) is 1.72. The zero-order valence-electron chi connectivity index (χ0n) is 10.8. The van der Waals surface area contributed by atoms with Crippen LogP contribution in [0, 0.1) is 0 Å². The van der Waals surface area contributed by atoms with E-state index in [1.807, 2.05) is 13.8 Å². The van der Waals surface area contributed by atoms with E-state index >= 15 is 0 Å². The number of rotatable bonds is 2. The van der Waals surface area contributed by atoms with Crippen molar-refractivity contribution in [1.82, 2.24) is 0 Å². The highest BCUT2D eigenvalue weighted by Gasteiger charge is 2.15. The van der Waals surface area contributed by atoms with Crippen LogP contribution >= 0.6 is 0 Å². The highest BCUT2D eigenvalue weighted by Crippen LogP contribution is 2.12. The van der Waals surface area contributed by atoms with Crippen molar-refractivity contribution in [3.8, 4) is 0 Å². The Labute approximate surface area is 107 Å². The van der Waals surface area contributed by atoms with E-state index in [0.717, 1.165) is 25.7 Å². The van der Waals surface area contributed by atoms with Crippen LogP contribution in [-0.2, 0) is 9.47 Å². The number of hydrogen-bond acceptors (Lipinski definition) is 6. The summed E-state index contributed by atoms with van der Waals surface area (Å²) in [5.41, 5.74) is 0. The van der Waals surface area contributed by atoms with E-state index in [2.05, 4.69) is 20.0 Å². The Hall–Kier alpha value is -1.72. The summed E-state index contributed by atoms with van der Waals surface area (Å²) < 4.78 is 10.8. The minimum absolute atomic E-state index is 0.354. The number of fused-ring (bicyclic) bond motifs is 5. The molecule has 0 spiro atoms. The van der Waals surface area contributed by atoms with Gasteiger partial charge < -0.3 is 9.47 Å². The molecular formula is C12H18N4O2. The molecule has 3 heterocycles. The maximum Gasteiger partial charge on any atom is 0.319 e. The minimum atomic E-state index is 0.354. The first kappa shape index (κ1) is 12.7. The lowest BCUT2D eigenvalue weighted by Gasteiger charge is -2.08. The lowest BCUT2D eigenvalue weighted by Crippen LogP contribution is -2.14. The van der Waals surface area contributed by atoms with Crippen molar-refractivity contribution in [3.63, 3.8) is 0 Å². The van der Waals surface area contributed by atoms with Crippen LogP contribution in [0.1, 0.15) is 39.5 Å². The van der Waals surface area contributed by atoms with Gasteiger partial charge in [0.2, 0.25) is 0 Å². The Bertz CT molecular complexity index is 384. The van der Waals surface area contributed by atoms with Gasteiger partial charge in [-0.1, -0.05) is 0 Å². The predicted molar refractivity (Wildman–Crippen MR) is 71.5 cm³/mol. The molecule has 0 fully saturated rings. The molecule has 0 aromatic carbocycles. The average molecular weight is 250 g/mol. The van der Waals surface area contributed by atoms with E-state index in [-0.39, 0.29) is 0 Å². The van der Waals surface area contributed by atoms with Crippen LogP contribution in [0.2, 0.25) is 0 Å². The first-order valence-corrected chi connectivity index (χ1v) is 6.40. The zero-order valence-corrected chi connectivity index (χ0v) is 10.8. The SMILES string of the molecule is CCOC1=N/C2=N\C(OCC)=N/C(=N\1)CCCC2. The van der Waals surface area contributed by atoms with E-state index in [1.54, 1.807) is 0 Å². The highest BCUT2D eigenvalue weighted by atomic mass is 16.5. The monoisotopic (exact) mass is 250 g/mol. The van der Waals surface area contributed by atoms with Crippen molar-refractivity contribution in [2.24, 2.45) is 20.0 Å². The normalized spacial score (nSPS) is 31.0. The fourth-order valence-electron chi connectivity index (χ4n) is 1.72. The topological polar surface area (TPSA) is 67.9 Å². The second-order valence-corrected chi connectivity index (χ2v) is 3.92. The van der Waals surface area contributed by atoms with Gasteiger partial charge in [0.1, 0.15) is 11.7 Å². The first-order chi connectivity index (χ1) is 8.81. The first-order valence-electron chi connectivity index (χ1n) is 6.40. The molecule has 0 unspecified atom stereocenters. The fraction of sp³-hybridized carbons (Fsp3) is 0.667. The van der Waals surface area contributed by atoms with E-state index in [0.29, 0.717) is 36.9 Å². The zero-order chi connectivity index (χ0) is 12.8. The molecule has 0 radical (unpaired) electrons. The Balaban J connectivity index is 2.34. The molecule has 0 aliphatic carbocycles. The largest absolute Gasteiger partial charge is 0.464 e. The standard InChI is InChI=1S/C12H18N4O2/c1-3-17-11-13-9-7-5-6-8-10(14-11)16-12(15-9)18-4-2/h3-8H2,1-2H3/b13-9-,13-11?,14-10?,14-11+,15-9?,15-12+,16-10-,16-12?. The van der Waals surface area contributed by atoms with Gasteiger partial charge in [-0.15, -0.1) is 0 Å². The lowest BCUT2D eigenvalue weighted by molar-refractivity contribution is 0.320. The Morgan fingerprint density at radius 3 is 1.61 bits per heavy atom. The maximum atomic E-state index is 5.38. The Morgan fingerprint density at radius 1 is 0.778 bits per heavy atom. The third kappa shape index (κ3) is 3.38. The Morgan fingerprint density at radius 2 is 1.22 bits per heavy atom. The van der Waals surface area contributed by atoms with Gasteiger partial charge in [0.05, 0.1) is 13.2 Å². The third-order valence-corrected chi connectivity index (χ3v) is 2.50. The van der Waals surface area contributed by atoms with Crippen molar-refractivity contribution >= 4 is 23.7 Å². The van der Waals surface area contributed by atoms with Crippen LogP contribution in [0.3, 0.4) is 0 Å². The number of amidine groups is 4. The number of ether oxygens (including phenoxy) is 2. The number of hydrogen-bond donors (Lipinski definition) is 0. The summed E-state index contributed by atoms with van der Waals surface area (Å²) in [5.74, 6) is 1.35. The van der Waals surface area contributed by atoms with Gasteiger partial charge in [0, 0.05) is 12.8 Å². The molecule has 6 heteroatoms. The van der Waals surface area contributed by atoms with Crippen LogP contribution in [0.25, 0.3) is 0 Å². The summed E-state index contributed by atoms with van der Waals surface area (Å²) in [5, 5.41) is 0. The van der Waals surface area contributed by atoms with Gasteiger partial charge in [0.25, 0.3) is 0 Å². The van der Waals surface area contributed by atoms with Gasteiger partial charge in [-0.05, 0) is 26.7 Å². The van der Waals surface area contributed by atoms with Crippen LogP contribution in [0.5, 0.6) is 0 Å². The molecule has 2 bridgehead atoms. The average Bonchev–Trinajstić information content (AvgIpc) is 2.45. The molecule has 6 nitrogen and oxygen atoms in total. The van der Waals surface area contributed by atoms with E-state index in [4.69, 9.17) is 9.47 Å². The van der Waals surface area contributed by atoms with E-state index in [9.17, 15) is 0 Å². The summed E-state index contributed by atoms with van der Waals surface area (Å²) in [6, 6.07) is 0.708. The Kier molecular flexibility index (Phi) is 4.44. The summed E-state index contributed by atoms with van der Waals surface area (Å²) in [4.78, 5) is 17.3. The van der Waals surface area contributed by atoms with E-state index in [1.165, 1.54) is 0 Å². The molecule has 0 saturated heterocycles. The molecule has 0 saturated carbocycles. The summed E-state index contributed by atoms with van der Waals surface area (Å²) in [7, 11) is 0. The smallest absolute Gasteiger partial charge is 0.319 e. The van der Waals surface area contributed by atoms with Crippen molar-refractivity contribution in [3.05, 3.63) is 0 Å². The number of nitrogens with zero attached hydrogens (tertiary/aromatic N) is 4. The molecule has 3 rings (SSSR count). The minimum Gasteiger partial charge on any atom is -0.464 e. The summed E-state index contributed by atoms with van der Waals surface area (Å²) in [6.07, 6.45) is 3.64. The quantitative estimate of drug-likeness (QED) is 0.753. The van der Waals surface area contributed by atoms with Crippen LogP contribution < -0.4 is 0 Å². The van der Waals surface area contributed by atoms with Crippen molar-refractivity contribution < 1.29 is 9.47 Å². The molecule has 0 amide bonds. The van der Waals surface area contributed by atoms with Crippen LogP contribution in [-0.4, -0.2) is 36.9 Å². The van der Waals surface area contributed by atoms with Crippen LogP contribution in [0.4, 0.5) is 0 Å². The molecule has 0 aromatic rings. The number of aliphatic imine (C=N–C) groups is 4. The lowest BCUT2D eigenvalue weighted by atomic mass is 10.2. The summed E-state index contributed by atoms with van der Waals surface area (Å²) in [6.45, 7) is 4.87. The molecule has 18 heavy (non-hydrogen) atoms. The molecule has 0 N–H and O–H groups in total. The predicted octanol–water partition coefficient (Wildman–Crippen LogP) is 2.16. The molecule has 0 aromatic heterocycles. The molecule has 98 valence electrons. The second kappa shape index (κ2) is 6.28. The van der Waals surface area contributed by atoms with E-state index < -0.39 is 0 Å². The maximum absolute atomic E-state index is 5.38. The van der Waals surface area contributed by atoms with Crippen molar-refractivity contribution in [1.29, 1.82) is 0 Å². The van der Waals surface area contributed by atoms with Crippen molar-refractivity contribution in [2.45, 2.75) is 39.5 Å². The molecule has 3 aliphatic heterocycles. The van der Waals surface area contributed by atoms with Gasteiger partial charge >= 0.3 is 12.0 Å². The molecule has 0 atom stereocenters. The van der Waals surface area contributed by atoms with Gasteiger partial charge in [0.15, 0.2) is 0 Å². The third-order valence-electron chi connectivity index (χ3n) is 2.50. The van der Waals surface area contributed by atoms with Crippen LogP contribution in [0.15, 0.2) is 20.0 Å². The van der Waals surface area contributed by atoms with Gasteiger partial charge in [-0.3, -0.25) is 0 Å². The highest BCUT2D eigenvalue weighted by molar-refractivity contribution is 6.08.